The maximum absolute atomic E-state index is 10.9. The van der Waals surface area contributed by atoms with Crippen molar-refractivity contribution in [2.75, 3.05) is 6.16 Å². The number of hydrogen-bond acceptors (Lipinski definition) is 4. The molecule has 0 heterocycles. The van der Waals surface area contributed by atoms with Crippen molar-refractivity contribution in [3.63, 3.8) is 0 Å². The van der Waals surface area contributed by atoms with E-state index in [1.165, 1.54) is 0 Å². The van der Waals surface area contributed by atoms with E-state index in [1.54, 1.807) is 6.92 Å². The zero-order valence-electron chi connectivity index (χ0n) is 7.07. The smallest absolute Gasteiger partial charge is 0.301 e. The largest absolute Gasteiger partial charge is 0.509 e. The second-order valence-corrected chi connectivity index (χ2v) is 5.49. The van der Waals surface area contributed by atoms with Gasteiger partial charge in [-0.1, -0.05) is 0 Å². The fourth-order valence-electron chi connectivity index (χ4n) is 0.330. The lowest BCUT2D eigenvalue weighted by molar-refractivity contribution is 0.189. The highest BCUT2D eigenvalue weighted by atomic mass is 32.1. The van der Waals surface area contributed by atoms with Crippen LogP contribution < -0.4 is 5.73 Å². The maximum Gasteiger partial charge on any atom is 0.509 e. The van der Waals surface area contributed by atoms with E-state index < -0.39 is 19.0 Å². The van der Waals surface area contributed by atoms with Crippen LogP contribution in [-0.4, -0.2) is 17.1 Å². The first-order valence-electron chi connectivity index (χ1n) is 3.47. The summed E-state index contributed by atoms with van der Waals surface area (Å²) in [4.78, 5) is 0. The lowest BCUT2D eigenvalue weighted by Gasteiger charge is -2.20. The molecule has 66 valence electrons. The van der Waals surface area contributed by atoms with Crippen LogP contribution >= 0.6 is 20.7 Å². The first kappa shape index (κ1) is 11.4. The Kier molecular flexibility index (Phi) is 4.56. The second-order valence-electron chi connectivity index (χ2n) is 2.83. The zero-order valence-corrected chi connectivity index (χ0v) is 8.86. The van der Waals surface area contributed by atoms with Gasteiger partial charge in [-0.15, -0.1) is 4.52 Å². The first-order valence-corrected chi connectivity index (χ1v) is 5.28. The molecule has 2 N–H and O–H groups in total. The predicted molar refractivity (Wildman–Crippen MR) is 50.3 cm³/mol. The topological polar surface area (TPSA) is 52.3 Å². The SMILES string of the molecule is CC[P+](=O)OC(N)C(C)(C)S. The predicted octanol–water partition coefficient (Wildman–Crippen LogP) is 1.76. The van der Waals surface area contributed by atoms with E-state index in [9.17, 15) is 4.57 Å². The number of rotatable bonds is 4. The van der Waals surface area contributed by atoms with E-state index in [-0.39, 0.29) is 0 Å². The Morgan fingerprint density at radius 1 is 1.73 bits per heavy atom. The monoisotopic (exact) mass is 196 g/mol. The van der Waals surface area contributed by atoms with Crippen LogP contribution in [0.2, 0.25) is 0 Å². The van der Waals surface area contributed by atoms with Crippen molar-refractivity contribution < 1.29 is 9.09 Å². The normalized spacial score (nSPS) is 16.3. The molecule has 0 fully saturated rings. The lowest BCUT2D eigenvalue weighted by Crippen LogP contribution is -2.39. The van der Waals surface area contributed by atoms with Gasteiger partial charge in [0.05, 0.1) is 4.75 Å². The Labute approximate surface area is 74.0 Å². The molecule has 0 aliphatic heterocycles. The van der Waals surface area contributed by atoms with Gasteiger partial charge < -0.3 is 5.73 Å². The molecule has 0 bridgehead atoms. The van der Waals surface area contributed by atoms with Gasteiger partial charge in [-0.05, 0) is 25.3 Å². The summed E-state index contributed by atoms with van der Waals surface area (Å²) >= 11 is 4.18. The van der Waals surface area contributed by atoms with Crippen molar-refractivity contribution in [1.82, 2.24) is 0 Å². The molecule has 0 amide bonds. The molecule has 3 nitrogen and oxygen atoms in total. The molecule has 0 aliphatic rings. The molecule has 0 rings (SSSR count). The van der Waals surface area contributed by atoms with Crippen LogP contribution in [0.5, 0.6) is 0 Å². The Morgan fingerprint density at radius 3 is 2.45 bits per heavy atom. The Bertz CT molecular complexity index is 146. The molecule has 0 aliphatic carbocycles. The molecular weight excluding hydrogens is 181 g/mol. The van der Waals surface area contributed by atoms with Gasteiger partial charge in [-0.3, -0.25) is 0 Å². The molecule has 11 heavy (non-hydrogen) atoms. The van der Waals surface area contributed by atoms with E-state index in [1.807, 2.05) is 13.8 Å². The standard InChI is InChI=1S/C6H14NO2PS/c1-4-10(8)9-5(7)6(2,3)11/h5H,4,7H2,1-3H3/p+1. The van der Waals surface area contributed by atoms with Gasteiger partial charge in [0.25, 0.3) is 0 Å². The highest BCUT2D eigenvalue weighted by Gasteiger charge is 2.30. The van der Waals surface area contributed by atoms with Crippen molar-refractivity contribution in [3.05, 3.63) is 0 Å². The molecular formula is C6H15NO2PS+. The molecule has 2 atom stereocenters. The minimum atomic E-state index is -1.61. The number of hydrogen-bond donors (Lipinski definition) is 2. The van der Waals surface area contributed by atoms with Crippen molar-refractivity contribution in [2.45, 2.75) is 31.7 Å². The van der Waals surface area contributed by atoms with Crippen LogP contribution in [0.25, 0.3) is 0 Å². The third kappa shape index (κ3) is 4.75. The summed E-state index contributed by atoms with van der Waals surface area (Å²) in [5.41, 5.74) is 5.54. The molecule has 5 heteroatoms. The van der Waals surface area contributed by atoms with Crippen LogP contribution in [0.1, 0.15) is 20.8 Å². The minimum absolute atomic E-state index is 0.444. The van der Waals surface area contributed by atoms with Crippen molar-refractivity contribution >= 4 is 20.7 Å². The second kappa shape index (κ2) is 4.41. The summed E-state index contributed by atoms with van der Waals surface area (Å²) in [6, 6.07) is 0. The van der Waals surface area contributed by atoms with Gasteiger partial charge in [0.2, 0.25) is 0 Å². The molecule has 0 aromatic heterocycles. The van der Waals surface area contributed by atoms with Crippen LogP contribution in [0.15, 0.2) is 0 Å². The quantitative estimate of drug-likeness (QED) is 0.409. The molecule has 0 aromatic rings. The fraction of sp³-hybridized carbons (Fsp3) is 1.00. The summed E-state index contributed by atoms with van der Waals surface area (Å²) in [6.45, 7) is 5.43. The Balaban J connectivity index is 3.87. The molecule has 0 aromatic carbocycles. The lowest BCUT2D eigenvalue weighted by atomic mass is 10.2. The summed E-state index contributed by atoms with van der Waals surface area (Å²) in [7, 11) is -1.61. The fourth-order valence-corrected chi connectivity index (χ4v) is 1.13. The summed E-state index contributed by atoms with van der Waals surface area (Å²) in [5, 5.41) is 0. The van der Waals surface area contributed by atoms with E-state index in [2.05, 4.69) is 12.6 Å². The van der Waals surface area contributed by atoms with Crippen LogP contribution in [0.4, 0.5) is 0 Å². The van der Waals surface area contributed by atoms with Gasteiger partial charge in [0, 0.05) is 0 Å². The molecule has 0 radical (unpaired) electrons. The van der Waals surface area contributed by atoms with E-state index in [4.69, 9.17) is 10.3 Å². The van der Waals surface area contributed by atoms with E-state index >= 15 is 0 Å². The molecule has 2 unspecified atom stereocenters. The third-order valence-corrected chi connectivity index (χ3v) is 2.42. The highest BCUT2D eigenvalue weighted by Crippen LogP contribution is 2.28. The van der Waals surface area contributed by atoms with Gasteiger partial charge in [-0.2, -0.15) is 12.6 Å². The summed E-state index contributed by atoms with van der Waals surface area (Å²) < 4.78 is 15.4. The Hall–Kier alpha value is 0.370. The number of thiol groups is 1. The van der Waals surface area contributed by atoms with Crippen molar-refractivity contribution in [2.24, 2.45) is 5.73 Å². The van der Waals surface area contributed by atoms with Crippen LogP contribution in [-0.2, 0) is 9.09 Å². The van der Waals surface area contributed by atoms with Crippen LogP contribution in [0.3, 0.4) is 0 Å². The summed E-state index contributed by atoms with van der Waals surface area (Å²) in [6.07, 6.45) is -0.0817. The van der Waals surface area contributed by atoms with Crippen molar-refractivity contribution in [3.8, 4) is 0 Å². The third-order valence-electron chi connectivity index (χ3n) is 1.19. The Morgan fingerprint density at radius 2 is 2.18 bits per heavy atom. The molecule has 0 saturated heterocycles. The van der Waals surface area contributed by atoms with Gasteiger partial charge in [-0.25, -0.2) is 0 Å². The zero-order chi connectivity index (χ0) is 9.07. The first-order chi connectivity index (χ1) is 4.88. The highest BCUT2D eigenvalue weighted by molar-refractivity contribution is 7.81. The minimum Gasteiger partial charge on any atom is -0.301 e. The average molecular weight is 196 g/mol. The van der Waals surface area contributed by atoms with Crippen LogP contribution in [0, 0.1) is 0 Å². The maximum atomic E-state index is 10.9. The number of nitrogens with two attached hydrogens (primary N) is 1. The van der Waals surface area contributed by atoms with Gasteiger partial charge >= 0.3 is 8.03 Å². The van der Waals surface area contributed by atoms with E-state index in [0.29, 0.717) is 6.16 Å². The van der Waals surface area contributed by atoms with Gasteiger partial charge in [0.15, 0.2) is 12.4 Å². The van der Waals surface area contributed by atoms with E-state index in [0.717, 1.165) is 0 Å². The molecule has 0 spiro atoms. The van der Waals surface area contributed by atoms with Crippen molar-refractivity contribution in [1.29, 1.82) is 0 Å². The average Bonchev–Trinajstić information content (AvgIpc) is 1.85. The molecule has 0 saturated carbocycles. The van der Waals surface area contributed by atoms with Gasteiger partial charge in [0.1, 0.15) is 0 Å². The summed E-state index contributed by atoms with van der Waals surface area (Å²) in [5.74, 6) is 0.